The van der Waals surface area contributed by atoms with Crippen LogP contribution in [-0.2, 0) is 14.2 Å². The number of unbranched alkanes of at least 4 members (excludes halogenated alkanes) is 9. The molecule has 0 radical (unpaired) electrons. The zero-order chi connectivity index (χ0) is 26.8. The Morgan fingerprint density at radius 2 is 1.39 bits per heavy atom. The fraction of sp³-hybridized carbons (Fsp3) is 1.00. The first kappa shape index (κ1) is 33.8. The summed E-state index contributed by atoms with van der Waals surface area (Å²) in [7, 11) is 0. The van der Waals surface area contributed by atoms with E-state index in [1.165, 1.54) is 51.4 Å². The van der Waals surface area contributed by atoms with Crippen molar-refractivity contribution in [3.8, 4) is 0 Å². The number of aliphatic hydroxyl groups is 3. The Kier molecular flexibility index (Phi) is 18.6. The summed E-state index contributed by atoms with van der Waals surface area (Å²) >= 11 is 0. The molecule has 0 spiro atoms. The van der Waals surface area contributed by atoms with Crippen LogP contribution in [0.4, 0.5) is 0 Å². The zero-order valence-corrected chi connectivity index (χ0v) is 24.3. The first-order valence-electron chi connectivity index (χ1n) is 15.4. The Labute approximate surface area is 222 Å². The average Bonchev–Trinajstić information content (AvgIpc) is 2.89. The van der Waals surface area contributed by atoms with Gasteiger partial charge in [0.1, 0.15) is 30.5 Å². The molecular weight excluding hydrogens is 456 g/mol. The SMILES string of the molecule is CCCCCCCCCCCCOC(CC)(CCC)C1OC(CO)[C@@H](OC(CC)CCC)[C@H](O)[C@H]1O. The molecule has 0 aliphatic carbocycles. The molecule has 0 amide bonds. The van der Waals surface area contributed by atoms with Gasteiger partial charge in [-0.3, -0.25) is 0 Å². The van der Waals surface area contributed by atoms with Crippen LogP contribution in [0.5, 0.6) is 0 Å². The average molecular weight is 517 g/mol. The van der Waals surface area contributed by atoms with E-state index in [0.717, 1.165) is 44.9 Å². The second-order valence-electron chi connectivity index (χ2n) is 10.9. The molecular formula is C30H60O6. The van der Waals surface area contributed by atoms with Gasteiger partial charge in [0.15, 0.2) is 0 Å². The van der Waals surface area contributed by atoms with Gasteiger partial charge in [-0.1, -0.05) is 105 Å². The summed E-state index contributed by atoms with van der Waals surface area (Å²) in [5.74, 6) is 0. The van der Waals surface area contributed by atoms with Crippen LogP contribution >= 0.6 is 0 Å². The summed E-state index contributed by atoms with van der Waals surface area (Å²) in [6.07, 6.45) is 13.2. The molecule has 0 aromatic rings. The molecule has 3 N–H and O–H groups in total. The van der Waals surface area contributed by atoms with E-state index in [2.05, 4.69) is 27.7 Å². The lowest BCUT2D eigenvalue weighted by Crippen LogP contribution is -2.66. The highest BCUT2D eigenvalue weighted by atomic mass is 16.6. The van der Waals surface area contributed by atoms with Crippen molar-refractivity contribution >= 4 is 0 Å². The van der Waals surface area contributed by atoms with Crippen molar-refractivity contribution in [2.24, 2.45) is 0 Å². The van der Waals surface area contributed by atoms with Gasteiger partial charge in [-0.15, -0.1) is 0 Å². The van der Waals surface area contributed by atoms with E-state index in [0.29, 0.717) is 13.0 Å². The third kappa shape index (κ3) is 10.9. The van der Waals surface area contributed by atoms with E-state index in [-0.39, 0.29) is 12.7 Å². The van der Waals surface area contributed by atoms with E-state index < -0.39 is 36.1 Å². The smallest absolute Gasteiger partial charge is 0.115 e. The van der Waals surface area contributed by atoms with Crippen LogP contribution in [0.15, 0.2) is 0 Å². The quantitative estimate of drug-likeness (QED) is 0.146. The van der Waals surface area contributed by atoms with Gasteiger partial charge in [0, 0.05) is 6.61 Å². The third-order valence-corrected chi connectivity index (χ3v) is 7.96. The molecule has 0 aromatic carbocycles. The topological polar surface area (TPSA) is 88.4 Å². The number of aliphatic hydroxyl groups excluding tert-OH is 3. The van der Waals surface area contributed by atoms with Gasteiger partial charge >= 0.3 is 0 Å². The Hall–Kier alpha value is -0.240. The molecule has 36 heavy (non-hydrogen) atoms. The molecule has 1 heterocycles. The lowest BCUT2D eigenvalue weighted by atomic mass is 9.80. The maximum atomic E-state index is 11.2. The standard InChI is InChI=1S/C30H60O6/c1-6-11-12-13-14-15-16-17-18-19-22-34-30(10-5,21-8-3)29-27(33)26(32)28(25(23-31)36-29)35-24(9-4)20-7-2/h24-29,31-33H,6-23H2,1-5H3/t24?,25?,26-,27-,28-,29?,30?/m1/s1. The lowest BCUT2D eigenvalue weighted by Gasteiger charge is -2.50. The van der Waals surface area contributed by atoms with E-state index in [1.807, 2.05) is 6.92 Å². The molecule has 1 fully saturated rings. The Morgan fingerprint density at radius 3 is 1.89 bits per heavy atom. The highest BCUT2D eigenvalue weighted by molar-refractivity contribution is 5.02. The highest BCUT2D eigenvalue weighted by Crippen LogP contribution is 2.37. The van der Waals surface area contributed by atoms with Crippen LogP contribution < -0.4 is 0 Å². The van der Waals surface area contributed by atoms with Gasteiger partial charge in [0.05, 0.1) is 18.3 Å². The normalized spacial score (nSPS) is 27.2. The van der Waals surface area contributed by atoms with Crippen molar-refractivity contribution in [3.05, 3.63) is 0 Å². The summed E-state index contributed by atoms with van der Waals surface area (Å²) in [6, 6.07) is 0. The number of hydrogen-bond acceptors (Lipinski definition) is 6. The van der Waals surface area contributed by atoms with Gasteiger partial charge in [0.25, 0.3) is 0 Å². The second-order valence-corrected chi connectivity index (χ2v) is 10.9. The van der Waals surface area contributed by atoms with Gasteiger partial charge in [-0.05, 0) is 32.1 Å². The predicted molar refractivity (Wildman–Crippen MR) is 147 cm³/mol. The van der Waals surface area contributed by atoms with Crippen LogP contribution in [0, 0.1) is 0 Å². The molecule has 216 valence electrons. The molecule has 6 nitrogen and oxygen atoms in total. The summed E-state index contributed by atoms with van der Waals surface area (Å²) in [5, 5.41) is 32.4. The molecule has 0 aromatic heterocycles. The van der Waals surface area contributed by atoms with Crippen LogP contribution in [0.2, 0.25) is 0 Å². The first-order valence-corrected chi connectivity index (χ1v) is 15.4. The van der Waals surface area contributed by atoms with Crippen molar-refractivity contribution in [1.29, 1.82) is 0 Å². The van der Waals surface area contributed by atoms with Crippen molar-refractivity contribution < 1.29 is 29.5 Å². The van der Waals surface area contributed by atoms with E-state index in [4.69, 9.17) is 14.2 Å². The maximum Gasteiger partial charge on any atom is 0.115 e. The Bertz CT molecular complexity index is 516. The van der Waals surface area contributed by atoms with E-state index >= 15 is 0 Å². The monoisotopic (exact) mass is 516 g/mol. The molecule has 7 atom stereocenters. The van der Waals surface area contributed by atoms with Crippen molar-refractivity contribution in [2.45, 2.75) is 180 Å². The van der Waals surface area contributed by atoms with Gasteiger partial charge in [0.2, 0.25) is 0 Å². The van der Waals surface area contributed by atoms with Crippen LogP contribution in [-0.4, -0.2) is 70.8 Å². The van der Waals surface area contributed by atoms with Crippen LogP contribution in [0.1, 0.15) is 137 Å². The van der Waals surface area contributed by atoms with Gasteiger partial charge in [-0.2, -0.15) is 0 Å². The largest absolute Gasteiger partial charge is 0.394 e. The van der Waals surface area contributed by atoms with Gasteiger partial charge in [-0.25, -0.2) is 0 Å². The molecule has 4 unspecified atom stereocenters. The number of hydrogen-bond donors (Lipinski definition) is 3. The first-order chi connectivity index (χ1) is 17.4. The predicted octanol–water partition coefficient (Wildman–Crippen LogP) is 6.32. The van der Waals surface area contributed by atoms with Crippen LogP contribution in [0.25, 0.3) is 0 Å². The highest BCUT2D eigenvalue weighted by Gasteiger charge is 2.53. The van der Waals surface area contributed by atoms with E-state index in [9.17, 15) is 15.3 Å². The minimum Gasteiger partial charge on any atom is -0.394 e. The fourth-order valence-corrected chi connectivity index (χ4v) is 5.67. The summed E-state index contributed by atoms with van der Waals surface area (Å²) in [4.78, 5) is 0. The second kappa shape index (κ2) is 19.8. The molecule has 6 heteroatoms. The van der Waals surface area contributed by atoms with Crippen molar-refractivity contribution in [2.75, 3.05) is 13.2 Å². The molecule has 1 rings (SSSR count). The Balaban J connectivity index is 2.68. The fourth-order valence-electron chi connectivity index (χ4n) is 5.67. The number of rotatable bonds is 22. The maximum absolute atomic E-state index is 11.2. The summed E-state index contributed by atoms with van der Waals surface area (Å²) in [5.41, 5.74) is -0.694. The lowest BCUT2D eigenvalue weighted by molar-refractivity contribution is -0.293. The van der Waals surface area contributed by atoms with Crippen LogP contribution in [0.3, 0.4) is 0 Å². The molecule has 1 saturated heterocycles. The Morgan fingerprint density at radius 1 is 0.778 bits per heavy atom. The van der Waals surface area contributed by atoms with Gasteiger partial charge < -0.3 is 29.5 Å². The molecule has 1 aliphatic rings. The van der Waals surface area contributed by atoms with Crippen molar-refractivity contribution in [3.63, 3.8) is 0 Å². The third-order valence-electron chi connectivity index (χ3n) is 7.96. The molecule has 0 bridgehead atoms. The zero-order valence-electron chi connectivity index (χ0n) is 24.3. The summed E-state index contributed by atoms with van der Waals surface area (Å²) < 4.78 is 19.0. The van der Waals surface area contributed by atoms with E-state index in [1.54, 1.807) is 0 Å². The molecule has 1 aliphatic heterocycles. The summed E-state index contributed by atoms with van der Waals surface area (Å²) in [6.45, 7) is 10.9. The molecule has 0 saturated carbocycles. The number of ether oxygens (including phenoxy) is 3. The van der Waals surface area contributed by atoms with Crippen molar-refractivity contribution in [1.82, 2.24) is 0 Å². The minimum atomic E-state index is -1.13. The minimum absolute atomic E-state index is 0.0322.